The molecule has 8 heteroatoms. The van der Waals surface area contributed by atoms with Crippen molar-refractivity contribution in [1.29, 1.82) is 0 Å². The first-order chi connectivity index (χ1) is 9.47. The minimum Gasteiger partial charge on any atom is -0.478 e. The van der Waals surface area contributed by atoms with Crippen LogP contribution in [0, 0.1) is 10.1 Å². The highest BCUT2D eigenvalue weighted by Crippen LogP contribution is 2.26. The Balaban J connectivity index is 2.21. The van der Waals surface area contributed by atoms with Crippen LogP contribution in [0.4, 0.5) is 11.4 Å². The van der Waals surface area contributed by atoms with Gasteiger partial charge in [-0.15, -0.1) is 0 Å². The van der Waals surface area contributed by atoms with Crippen molar-refractivity contribution in [2.75, 3.05) is 38.7 Å². The van der Waals surface area contributed by atoms with Gasteiger partial charge in [-0.25, -0.2) is 9.80 Å². The Hall–Kier alpha value is -2.19. The largest absolute Gasteiger partial charge is 0.478 e. The molecule has 1 aliphatic heterocycles. The second kappa shape index (κ2) is 5.85. The van der Waals surface area contributed by atoms with E-state index < -0.39 is 10.9 Å². The van der Waals surface area contributed by atoms with E-state index in [1.165, 1.54) is 18.2 Å². The number of benzene rings is 1. The highest BCUT2D eigenvalue weighted by molar-refractivity contribution is 5.90. The van der Waals surface area contributed by atoms with Crippen LogP contribution in [0.5, 0.6) is 0 Å². The summed E-state index contributed by atoms with van der Waals surface area (Å²) in [6, 6.07) is 3.73. The summed E-state index contributed by atoms with van der Waals surface area (Å²) in [5.41, 5.74) is 3.05. The summed E-state index contributed by atoms with van der Waals surface area (Å²) in [7, 11) is 2.00. The van der Waals surface area contributed by atoms with Gasteiger partial charge >= 0.3 is 5.97 Å². The monoisotopic (exact) mass is 280 g/mol. The van der Waals surface area contributed by atoms with Gasteiger partial charge in [0, 0.05) is 32.2 Å². The number of hydrogen-bond donors (Lipinski definition) is 2. The van der Waals surface area contributed by atoms with Crippen LogP contribution >= 0.6 is 0 Å². The van der Waals surface area contributed by atoms with Crippen LogP contribution in [0.3, 0.4) is 0 Å². The molecule has 8 nitrogen and oxygen atoms in total. The van der Waals surface area contributed by atoms with E-state index in [0.717, 1.165) is 13.1 Å². The van der Waals surface area contributed by atoms with E-state index in [0.29, 0.717) is 13.1 Å². The quantitative estimate of drug-likeness (QED) is 0.623. The number of nitro benzene ring substituents is 1. The summed E-state index contributed by atoms with van der Waals surface area (Å²) >= 11 is 0. The molecule has 0 unspecified atom stereocenters. The van der Waals surface area contributed by atoms with Crippen molar-refractivity contribution in [3.63, 3.8) is 0 Å². The number of hydrazine groups is 1. The molecule has 1 aromatic carbocycles. The molecule has 1 heterocycles. The standard InChI is InChI=1S/C12H16N4O4/c1-14-4-6-15(7-5-14)13-10-8-9(12(17)18)2-3-11(10)16(19)20/h2-3,8,13H,4-7H2,1H3,(H,17,18). The summed E-state index contributed by atoms with van der Waals surface area (Å²) in [5.74, 6) is -1.11. The third-order valence-corrected chi connectivity index (χ3v) is 3.22. The molecule has 0 atom stereocenters. The van der Waals surface area contributed by atoms with E-state index in [2.05, 4.69) is 10.3 Å². The van der Waals surface area contributed by atoms with E-state index in [9.17, 15) is 14.9 Å². The van der Waals surface area contributed by atoms with Crippen molar-refractivity contribution in [2.24, 2.45) is 0 Å². The maximum Gasteiger partial charge on any atom is 0.335 e. The Labute approximate surface area is 115 Å². The molecule has 0 radical (unpaired) electrons. The molecule has 1 aliphatic rings. The predicted molar refractivity (Wildman–Crippen MR) is 72.7 cm³/mol. The van der Waals surface area contributed by atoms with Crippen molar-refractivity contribution in [3.8, 4) is 0 Å². The average molecular weight is 280 g/mol. The first-order valence-electron chi connectivity index (χ1n) is 6.19. The number of carboxylic acids is 1. The van der Waals surface area contributed by atoms with Gasteiger partial charge in [0.2, 0.25) is 0 Å². The molecule has 0 aliphatic carbocycles. The number of anilines is 1. The van der Waals surface area contributed by atoms with Gasteiger partial charge in [0.05, 0.1) is 10.5 Å². The third kappa shape index (κ3) is 3.22. The van der Waals surface area contributed by atoms with Crippen molar-refractivity contribution < 1.29 is 14.8 Å². The molecule has 0 spiro atoms. The predicted octanol–water partition coefficient (Wildman–Crippen LogP) is 0.867. The summed E-state index contributed by atoms with van der Waals surface area (Å²) in [6.45, 7) is 3.12. The van der Waals surface area contributed by atoms with Gasteiger partial charge in [0.1, 0.15) is 5.69 Å². The van der Waals surface area contributed by atoms with Gasteiger partial charge in [-0.05, 0) is 19.2 Å². The molecule has 0 bridgehead atoms. The second-order valence-corrected chi connectivity index (χ2v) is 4.70. The molecule has 0 amide bonds. The first kappa shape index (κ1) is 14.2. The zero-order chi connectivity index (χ0) is 14.7. The van der Waals surface area contributed by atoms with Crippen LogP contribution < -0.4 is 5.43 Å². The Morgan fingerprint density at radius 1 is 1.35 bits per heavy atom. The van der Waals surface area contributed by atoms with Crippen LogP contribution in [-0.2, 0) is 0 Å². The molecule has 1 fully saturated rings. The summed E-state index contributed by atoms with van der Waals surface area (Å²) in [6.07, 6.45) is 0. The fourth-order valence-corrected chi connectivity index (χ4v) is 2.01. The SMILES string of the molecule is CN1CCN(Nc2cc(C(=O)O)ccc2[N+](=O)[O-])CC1. The van der Waals surface area contributed by atoms with Crippen molar-refractivity contribution >= 4 is 17.3 Å². The maximum absolute atomic E-state index is 11.0. The van der Waals surface area contributed by atoms with E-state index in [1.54, 1.807) is 0 Å². The van der Waals surface area contributed by atoms with Crippen LogP contribution in [0.15, 0.2) is 18.2 Å². The second-order valence-electron chi connectivity index (χ2n) is 4.70. The Morgan fingerprint density at radius 3 is 2.55 bits per heavy atom. The lowest BCUT2D eigenvalue weighted by Crippen LogP contribution is -2.47. The molecule has 0 aromatic heterocycles. The minimum atomic E-state index is -1.11. The molecule has 108 valence electrons. The van der Waals surface area contributed by atoms with E-state index in [-0.39, 0.29) is 16.9 Å². The van der Waals surface area contributed by atoms with Crippen LogP contribution in [0.2, 0.25) is 0 Å². The van der Waals surface area contributed by atoms with Crippen LogP contribution in [0.25, 0.3) is 0 Å². The Bertz CT molecular complexity index is 526. The zero-order valence-electron chi connectivity index (χ0n) is 11.1. The molecule has 2 rings (SSSR count). The zero-order valence-corrected chi connectivity index (χ0v) is 11.1. The van der Waals surface area contributed by atoms with Crippen molar-refractivity contribution in [2.45, 2.75) is 0 Å². The lowest BCUT2D eigenvalue weighted by molar-refractivity contribution is -0.384. The average Bonchev–Trinajstić information content (AvgIpc) is 2.41. The van der Waals surface area contributed by atoms with Crippen molar-refractivity contribution in [1.82, 2.24) is 9.91 Å². The number of likely N-dealkylation sites (N-methyl/N-ethyl adjacent to an activating group) is 1. The normalized spacial score (nSPS) is 16.9. The van der Waals surface area contributed by atoms with E-state index >= 15 is 0 Å². The first-order valence-corrected chi connectivity index (χ1v) is 6.19. The highest BCUT2D eigenvalue weighted by atomic mass is 16.6. The number of nitrogens with zero attached hydrogens (tertiary/aromatic N) is 3. The fourth-order valence-electron chi connectivity index (χ4n) is 2.01. The molecule has 2 N–H and O–H groups in total. The molecule has 20 heavy (non-hydrogen) atoms. The smallest absolute Gasteiger partial charge is 0.335 e. The maximum atomic E-state index is 11.0. The number of aromatic carboxylic acids is 1. The van der Waals surface area contributed by atoms with E-state index in [4.69, 9.17) is 5.11 Å². The summed E-state index contributed by atoms with van der Waals surface area (Å²) < 4.78 is 0. The van der Waals surface area contributed by atoms with Gasteiger partial charge < -0.3 is 15.4 Å². The summed E-state index contributed by atoms with van der Waals surface area (Å²) in [5, 5.41) is 21.8. The van der Waals surface area contributed by atoms with Gasteiger partial charge in [-0.2, -0.15) is 0 Å². The fraction of sp³-hybridized carbons (Fsp3) is 0.417. The number of carboxylic acid groups (broad SMARTS) is 1. The van der Waals surface area contributed by atoms with Crippen molar-refractivity contribution in [3.05, 3.63) is 33.9 Å². The number of nitrogens with one attached hydrogen (secondary N) is 1. The van der Waals surface area contributed by atoms with Gasteiger partial charge in [-0.3, -0.25) is 10.1 Å². The van der Waals surface area contributed by atoms with Crippen LogP contribution in [-0.4, -0.2) is 59.1 Å². The lowest BCUT2D eigenvalue weighted by Gasteiger charge is -2.32. The third-order valence-electron chi connectivity index (χ3n) is 3.22. The number of piperazine rings is 1. The van der Waals surface area contributed by atoms with Crippen LogP contribution in [0.1, 0.15) is 10.4 Å². The van der Waals surface area contributed by atoms with Gasteiger partial charge in [0.25, 0.3) is 5.69 Å². The molecule has 1 aromatic rings. The van der Waals surface area contributed by atoms with Gasteiger partial charge in [0.15, 0.2) is 0 Å². The molecular formula is C12H16N4O4. The Kier molecular flexibility index (Phi) is 4.16. The van der Waals surface area contributed by atoms with E-state index in [1.807, 2.05) is 12.1 Å². The molecule has 0 saturated carbocycles. The number of carbonyl (C=O) groups is 1. The molecule has 1 saturated heterocycles. The number of rotatable bonds is 4. The highest BCUT2D eigenvalue weighted by Gasteiger charge is 2.20. The Morgan fingerprint density at radius 2 is 2.00 bits per heavy atom. The lowest BCUT2D eigenvalue weighted by atomic mass is 10.2. The topological polar surface area (TPSA) is 99.0 Å². The van der Waals surface area contributed by atoms with Gasteiger partial charge in [-0.1, -0.05) is 0 Å². The molecular weight excluding hydrogens is 264 g/mol. The summed E-state index contributed by atoms with van der Waals surface area (Å²) in [4.78, 5) is 23.6. The number of nitro groups is 1. The number of hydrogen-bond acceptors (Lipinski definition) is 6. The minimum absolute atomic E-state index is 0.0206.